The number of rotatable bonds is 11. The summed E-state index contributed by atoms with van der Waals surface area (Å²) in [6, 6.07) is 22.4. The van der Waals surface area contributed by atoms with Crippen molar-refractivity contribution in [3.63, 3.8) is 0 Å². The highest BCUT2D eigenvalue weighted by Crippen LogP contribution is 2.28. The van der Waals surface area contributed by atoms with Crippen LogP contribution < -0.4 is 10.4 Å². The number of unbranched alkanes of at least 4 members (excludes halogenated alkanes) is 1. The van der Waals surface area contributed by atoms with Crippen LogP contribution in [0.5, 0.6) is 0 Å². The first-order valence-corrected chi connectivity index (χ1v) is 15.1. The highest BCUT2D eigenvalue weighted by Gasteiger charge is 2.43. The topological polar surface area (TPSA) is 35.5 Å². The van der Waals surface area contributed by atoms with Crippen molar-refractivity contribution < 1.29 is 14.0 Å². The lowest BCUT2D eigenvalue weighted by molar-refractivity contribution is -0.140. The molecule has 0 aliphatic heterocycles. The van der Waals surface area contributed by atoms with Gasteiger partial charge in [0.15, 0.2) is 0 Å². The van der Waals surface area contributed by atoms with Crippen molar-refractivity contribution in [3.05, 3.63) is 71.7 Å². The van der Waals surface area contributed by atoms with Gasteiger partial charge >= 0.3 is 5.97 Å². The lowest BCUT2D eigenvalue weighted by Crippen LogP contribution is -2.64. The molecule has 0 amide bonds. The zero-order chi connectivity index (χ0) is 25.4. The lowest BCUT2D eigenvalue weighted by Gasteiger charge is -2.40. The SMILES string of the molecule is CCCC[Si](OC(C)(/C=C/Br)CC#CCC#CCCC(=O)OC)(c1ccccc1)c1ccccc1. The molecule has 184 valence electrons. The Morgan fingerprint density at radius 1 is 1.00 bits per heavy atom. The predicted octanol–water partition coefficient (Wildman–Crippen LogP) is 5.97. The number of carbonyl (C=O) groups excluding carboxylic acids is 1. The van der Waals surface area contributed by atoms with Gasteiger partial charge in [0.2, 0.25) is 0 Å². The van der Waals surface area contributed by atoms with E-state index >= 15 is 0 Å². The van der Waals surface area contributed by atoms with Gasteiger partial charge in [-0.25, -0.2) is 0 Å². The zero-order valence-electron chi connectivity index (χ0n) is 21.0. The molecule has 0 aliphatic carbocycles. The molecular weight excluding hydrogens is 516 g/mol. The fraction of sp³-hybridized carbons (Fsp3) is 0.367. The Labute approximate surface area is 220 Å². The maximum absolute atomic E-state index is 11.2. The molecular formula is C30H35BrO3Si. The summed E-state index contributed by atoms with van der Waals surface area (Å²) < 4.78 is 11.9. The molecule has 0 aliphatic rings. The molecule has 35 heavy (non-hydrogen) atoms. The van der Waals surface area contributed by atoms with E-state index in [1.54, 1.807) is 0 Å². The highest BCUT2D eigenvalue weighted by molar-refractivity contribution is 9.11. The van der Waals surface area contributed by atoms with E-state index in [1.165, 1.54) is 17.5 Å². The van der Waals surface area contributed by atoms with E-state index in [2.05, 4.69) is 125 Å². The van der Waals surface area contributed by atoms with Crippen molar-refractivity contribution in [2.45, 2.75) is 64.0 Å². The van der Waals surface area contributed by atoms with Crippen LogP contribution >= 0.6 is 15.9 Å². The first kappa shape index (κ1) is 28.7. The van der Waals surface area contributed by atoms with Gasteiger partial charge in [0.25, 0.3) is 8.32 Å². The summed E-state index contributed by atoms with van der Waals surface area (Å²) in [7, 11) is -1.17. The van der Waals surface area contributed by atoms with E-state index in [0.717, 1.165) is 18.9 Å². The molecule has 2 rings (SSSR count). The van der Waals surface area contributed by atoms with E-state index in [9.17, 15) is 4.79 Å². The van der Waals surface area contributed by atoms with Crippen molar-refractivity contribution in [1.29, 1.82) is 0 Å². The van der Waals surface area contributed by atoms with Crippen molar-refractivity contribution in [2.75, 3.05) is 7.11 Å². The summed E-state index contributed by atoms with van der Waals surface area (Å²) in [5.41, 5.74) is -0.569. The quantitative estimate of drug-likeness (QED) is 0.196. The molecule has 0 radical (unpaired) electrons. The Kier molecular flexibility index (Phi) is 12.6. The monoisotopic (exact) mass is 550 g/mol. The minimum Gasteiger partial charge on any atom is -0.469 e. The third kappa shape index (κ3) is 9.19. The average Bonchev–Trinajstić information content (AvgIpc) is 2.89. The number of hydrogen-bond acceptors (Lipinski definition) is 3. The van der Waals surface area contributed by atoms with Gasteiger partial charge in [0.1, 0.15) is 0 Å². The molecule has 0 spiro atoms. The second-order valence-electron chi connectivity index (χ2n) is 8.51. The van der Waals surface area contributed by atoms with E-state index in [-0.39, 0.29) is 5.97 Å². The van der Waals surface area contributed by atoms with Crippen LogP contribution in [-0.4, -0.2) is 27.0 Å². The normalized spacial score (nSPS) is 12.7. The molecule has 0 fully saturated rings. The number of halogens is 1. The molecule has 3 nitrogen and oxygen atoms in total. The molecule has 0 aromatic heterocycles. The van der Waals surface area contributed by atoms with Crippen LogP contribution in [0.15, 0.2) is 71.7 Å². The van der Waals surface area contributed by atoms with Crippen LogP contribution in [0, 0.1) is 23.7 Å². The Balaban J connectivity index is 2.31. The van der Waals surface area contributed by atoms with E-state index in [1.807, 2.05) is 4.99 Å². The zero-order valence-corrected chi connectivity index (χ0v) is 23.6. The van der Waals surface area contributed by atoms with Crippen LogP contribution in [0.2, 0.25) is 6.04 Å². The second-order valence-corrected chi connectivity index (χ2v) is 12.5. The highest BCUT2D eigenvalue weighted by atomic mass is 79.9. The fourth-order valence-corrected chi connectivity index (χ4v) is 8.94. The van der Waals surface area contributed by atoms with Gasteiger partial charge in [0, 0.05) is 12.8 Å². The number of ether oxygens (including phenoxy) is 1. The number of hydrogen-bond donors (Lipinski definition) is 0. The molecule has 5 heteroatoms. The molecule has 2 aromatic rings. The van der Waals surface area contributed by atoms with Gasteiger partial charge in [-0.2, -0.15) is 0 Å². The lowest BCUT2D eigenvalue weighted by atomic mass is 10.0. The van der Waals surface area contributed by atoms with Crippen LogP contribution in [0.1, 0.15) is 52.4 Å². The van der Waals surface area contributed by atoms with Crippen molar-refractivity contribution >= 4 is 40.6 Å². The predicted molar refractivity (Wildman–Crippen MR) is 151 cm³/mol. The first-order valence-electron chi connectivity index (χ1n) is 12.1. The molecule has 0 saturated heterocycles. The molecule has 0 bridgehead atoms. The Morgan fingerprint density at radius 3 is 2.14 bits per heavy atom. The van der Waals surface area contributed by atoms with E-state index in [0.29, 0.717) is 25.7 Å². The Bertz CT molecular complexity index is 1020. The minimum atomic E-state index is -2.55. The maximum atomic E-state index is 11.2. The molecule has 0 N–H and O–H groups in total. The molecule has 1 atom stereocenters. The molecule has 1 unspecified atom stereocenters. The summed E-state index contributed by atoms with van der Waals surface area (Å²) in [5, 5.41) is 2.55. The summed E-state index contributed by atoms with van der Waals surface area (Å²) >= 11 is 3.47. The number of carbonyl (C=O) groups is 1. The minimum absolute atomic E-state index is 0.243. The fourth-order valence-electron chi connectivity index (χ4n) is 3.89. The van der Waals surface area contributed by atoms with Gasteiger partial charge in [-0.3, -0.25) is 4.79 Å². The van der Waals surface area contributed by atoms with E-state index < -0.39 is 13.9 Å². The third-order valence-electron chi connectivity index (χ3n) is 5.73. The number of esters is 1. The van der Waals surface area contributed by atoms with Crippen LogP contribution in [0.3, 0.4) is 0 Å². The van der Waals surface area contributed by atoms with Crippen LogP contribution in [-0.2, 0) is 14.0 Å². The van der Waals surface area contributed by atoms with Gasteiger partial charge < -0.3 is 9.16 Å². The third-order valence-corrected chi connectivity index (χ3v) is 10.4. The van der Waals surface area contributed by atoms with Crippen molar-refractivity contribution in [1.82, 2.24) is 0 Å². The average molecular weight is 552 g/mol. The summed E-state index contributed by atoms with van der Waals surface area (Å²) in [6.07, 6.45) is 6.07. The summed E-state index contributed by atoms with van der Waals surface area (Å²) in [4.78, 5) is 13.0. The molecule has 0 heterocycles. The summed E-state index contributed by atoms with van der Waals surface area (Å²) in [5.74, 6) is 12.2. The number of methoxy groups -OCH3 is 1. The molecule has 0 saturated carbocycles. The van der Waals surface area contributed by atoms with Gasteiger partial charge in [-0.05, 0) is 34.4 Å². The van der Waals surface area contributed by atoms with Crippen LogP contribution in [0.25, 0.3) is 0 Å². The standard InChI is InChI=1S/C30H35BrO3Si/c1-4-5-26-35(27-18-12-10-13-19-27,28-20-14-11-15-21-28)34-30(2,24-25-31)23-17-9-7-6-8-16-22-29(32)33-3/h10-15,18-21,24-25H,4-5,7,16,22-23,26H2,1-3H3/b25-24+. The largest absolute Gasteiger partial charge is 0.469 e. The van der Waals surface area contributed by atoms with Crippen molar-refractivity contribution in [3.8, 4) is 23.7 Å². The van der Waals surface area contributed by atoms with E-state index in [4.69, 9.17) is 4.43 Å². The van der Waals surface area contributed by atoms with Crippen LogP contribution in [0.4, 0.5) is 0 Å². The van der Waals surface area contributed by atoms with Gasteiger partial charge in [-0.15, -0.1) is 5.92 Å². The first-order chi connectivity index (χ1) is 17.0. The Morgan fingerprint density at radius 2 is 1.60 bits per heavy atom. The number of benzene rings is 2. The Hall–Kier alpha value is -2.57. The second kappa shape index (κ2) is 15.4. The maximum Gasteiger partial charge on any atom is 0.306 e. The van der Waals surface area contributed by atoms with Gasteiger partial charge in [-0.1, -0.05) is 114 Å². The van der Waals surface area contributed by atoms with Gasteiger partial charge in [0.05, 0.1) is 25.6 Å². The van der Waals surface area contributed by atoms with Crippen molar-refractivity contribution in [2.24, 2.45) is 0 Å². The molecule has 2 aromatic carbocycles. The smallest absolute Gasteiger partial charge is 0.306 e. The summed E-state index contributed by atoms with van der Waals surface area (Å²) in [6.45, 7) is 4.34.